The summed E-state index contributed by atoms with van der Waals surface area (Å²) >= 11 is 5.67. The third-order valence-electron chi connectivity index (χ3n) is 4.82. The summed E-state index contributed by atoms with van der Waals surface area (Å²) in [4.78, 5) is 29.4. The van der Waals surface area contributed by atoms with Crippen molar-refractivity contribution in [3.05, 3.63) is 50.5 Å². The molecule has 1 saturated heterocycles. The van der Waals surface area contributed by atoms with Crippen molar-refractivity contribution in [3.63, 3.8) is 0 Å². The van der Waals surface area contributed by atoms with Gasteiger partial charge in [0.1, 0.15) is 5.82 Å². The predicted molar refractivity (Wildman–Crippen MR) is 89.4 cm³/mol. The minimum atomic E-state index is -4.62. The molecule has 0 aliphatic carbocycles. The van der Waals surface area contributed by atoms with Crippen LogP contribution in [0.3, 0.4) is 0 Å². The van der Waals surface area contributed by atoms with Crippen LogP contribution in [-0.2, 0) is 12.6 Å². The smallest absolute Gasteiger partial charge is 0.312 e. The lowest BCUT2D eigenvalue weighted by Crippen LogP contribution is -2.45. The van der Waals surface area contributed by atoms with Crippen LogP contribution in [0.2, 0.25) is 5.02 Å². The molecule has 1 fully saturated rings. The first kappa shape index (κ1) is 17.8. The monoisotopic (exact) mass is 399 g/mol. The molecule has 2 N–H and O–H groups in total. The Morgan fingerprint density at radius 3 is 2.81 bits per heavy atom. The number of halogens is 4. The van der Waals surface area contributed by atoms with E-state index >= 15 is 0 Å². The number of fused-ring (bicyclic) bond motifs is 4. The van der Waals surface area contributed by atoms with Crippen LogP contribution < -0.4 is 10.9 Å². The molecule has 2 bridgehead atoms. The number of nitrogens with zero attached hydrogens (tertiary/aromatic N) is 3. The van der Waals surface area contributed by atoms with Crippen LogP contribution in [0, 0.1) is 0 Å². The molecule has 2 unspecified atom stereocenters. The first-order chi connectivity index (χ1) is 12.7. The molecule has 4 heterocycles. The van der Waals surface area contributed by atoms with Crippen LogP contribution in [0.1, 0.15) is 35.7 Å². The molecule has 2 aliphatic heterocycles. The number of alkyl halides is 3. The molecule has 2 amide bonds. The van der Waals surface area contributed by atoms with E-state index in [1.807, 2.05) is 0 Å². The van der Waals surface area contributed by atoms with Crippen molar-refractivity contribution in [3.8, 4) is 0 Å². The number of aromatic nitrogens is 3. The molecule has 0 aromatic carbocycles. The molecule has 2 atom stereocenters. The van der Waals surface area contributed by atoms with E-state index in [0.29, 0.717) is 24.7 Å². The van der Waals surface area contributed by atoms with Crippen LogP contribution in [0.25, 0.3) is 0 Å². The van der Waals surface area contributed by atoms with Crippen molar-refractivity contribution >= 4 is 23.4 Å². The lowest BCUT2D eigenvalue weighted by molar-refractivity contribution is -0.137. The molecule has 0 spiro atoms. The lowest BCUT2D eigenvalue weighted by atomic mass is 9.99. The van der Waals surface area contributed by atoms with Gasteiger partial charge in [0.2, 0.25) is 0 Å². The van der Waals surface area contributed by atoms with Crippen molar-refractivity contribution in [1.29, 1.82) is 0 Å². The van der Waals surface area contributed by atoms with E-state index in [1.165, 1.54) is 6.07 Å². The van der Waals surface area contributed by atoms with E-state index in [4.69, 9.17) is 11.6 Å². The van der Waals surface area contributed by atoms with Gasteiger partial charge in [0.25, 0.3) is 5.56 Å². The van der Waals surface area contributed by atoms with Gasteiger partial charge in [-0.1, -0.05) is 11.6 Å². The van der Waals surface area contributed by atoms with Crippen molar-refractivity contribution in [2.24, 2.45) is 0 Å². The standard InChI is InChI=1S/C16H13ClF3N5O2/c17-10-5-12(21-6-9(10)16(18,19)20)22-15(27)25-8-1-2-11(25)14-7(3-8)4-13(26)23-24-14/h4-6,8,11H,1-3H2,(H,23,26)(H,21,22,27). The summed E-state index contributed by atoms with van der Waals surface area (Å²) in [6, 6.07) is 1.54. The summed E-state index contributed by atoms with van der Waals surface area (Å²) in [5.74, 6) is -0.0716. The number of carbonyl (C=O) groups excluding carboxylic acids is 1. The fourth-order valence-corrected chi connectivity index (χ4v) is 3.96. The van der Waals surface area contributed by atoms with Gasteiger partial charge in [-0.15, -0.1) is 0 Å². The minimum absolute atomic E-state index is 0.0716. The fraction of sp³-hybridized carbons (Fsp3) is 0.375. The molecule has 0 radical (unpaired) electrons. The number of carbonyl (C=O) groups is 1. The summed E-state index contributed by atoms with van der Waals surface area (Å²) < 4.78 is 38.3. The quantitative estimate of drug-likeness (QED) is 0.770. The molecule has 0 saturated carbocycles. The zero-order chi connectivity index (χ0) is 19.3. The topological polar surface area (TPSA) is 91.0 Å². The predicted octanol–water partition coefficient (Wildman–Crippen LogP) is 3.13. The maximum Gasteiger partial charge on any atom is 0.419 e. The van der Waals surface area contributed by atoms with Crippen LogP contribution in [0.5, 0.6) is 0 Å². The van der Waals surface area contributed by atoms with E-state index < -0.39 is 22.8 Å². The highest BCUT2D eigenvalue weighted by Crippen LogP contribution is 2.42. The Morgan fingerprint density at radius 2 is 2.11 bits per heavy atom. The van der Waals surface area contributed by atoms with Gasteiger partial charge < -0.3 is 4.90 Å². The van der Waals surface area contributed by atoms with Crippen molar-refractivity contribution in [2.75, 3.05) is 5.32 Å². The molecule has 11 heteroatoms. The fourth-order valence-electron chi connectivity index (χ4n) is 3.70. The van der Waals surface area contributed by atoms with E-state index in [-0.39, 0.29) is 23.5 Å². The Balaban J connectivity index is 1.57. The second-order valence-corrected chi connectivity index (χ2v) is 6.89. The summed E-state index contributed by atoms with van der Waals surface area (Å²) in [6.07, 6.45) is -2.11. The Kier molecular flexibility index (Phi) is 4.10. The molecule has 27 heavy (non-hydrogen) atoms. The van der Waals surface area contributed by atoms with Crippen LogP contribution in [-0.4, -0.2) is 32.2 Å². The number of H-pyrrole nitrogens is 1. The van der Waals surface area contributed by atoms with Gasteiger partial charge in [0.15, 0.2) is 0 Å². The number of hydrogen-bond acceptors (Lipinski definition) is 4. The highest BCUT2D eigenvalue weighted by molar-refractivity contribution is 6.31. The number of nitrogens with one attached hydrogen (secondary N) is 2. The number of pyridine rings is 1. The van der Waals surface area contributed by atoms with Gasteiger partial charge >= 0.3 is 12.2 Å². The summed E-state index contributed by atoms with van der Waals surface area (Å²) in [5.41, 5.74) is 0.0832. The maximum atomic E-state index is 12.8. The Bertz CT molecular complexity index is 977. The van der Waals surface area contributed by atoms with Crippen molar-refractivity contribution < 1.29 is 18.0 Å². The maximum absolute atomic E-state index is 12.8. The van der Waals surface area contributed by atoms with Crippen LogP contribution in [0.4, 0.5) is 23.8 Å². The van der Waals surface area contributed by atoms with Gasteiger partial charge in [-0.3, -0.25) is 10.1 Å². The average Bonchev–Trinajstić information content (AvgIpc) is 2.89. The third-order valence-corrected chi connectivity index (χ3v) is 5.14. The van der Waals surface area contributed by atoms with Crippen LogP contribution in [0.15, 0.2) is 23.1 Å². The van der Waals surface area contributed by atoms with Crippen molar-refractivity contribution in [2.45, 2.75) is 37.5 Å². The van der Waals surface area contributed by atoms with E-state index in [1.54, 1.807) is 4.90 Å². The van der Waals surface area contributed by atoms with E-state index in [9.17, 15) is 22.8 Å². The molecule has 142 valence electrons. The highest BCUT2D eigenvalue weighted by atomic mass is 35.5. The van der Waals surface area contributed by atoms with Crippen molar-refractivity contribution in [1.82, 2.24) is 20.1 Å². The van der Waals surface area contributed by atoms with Gasteiger partial charge in [-0.25, -0.2) is 14.9 Å². The molecule has 2 aromatic rings. The Hall–Kier alpha value is -2.62. The Morgan fingerprint density at radius 1 is 1.33 bits per heavy atom. The average molecular weight is 400 g/mol. The SMILES string of the molecule is O=C(Nc1cc(Cl)c(C(F)(F)F)cn1)N1C2CCC1c1n[nH]c(=O)cc1C2. The Labute approximate surface area is 155 Å². The second kappa shape index (κ2) is 6.22. The number of hydrogen-bond donors (Lipinski definition) is 2. The normalized spacial score (nSPS) is 21.1. The molecular weight excluding hydrogens is 387 g/mol. The summed E-state index contributed by atoms with van der Waals surface area (Å²) in [5, 5.41) is 8.40. The molecule has 4 rings (SSSR count). The first-order valence-corrected chi connectivity index (χ1v) is 8.52. The second-order valence-electron chi connectivity index (χ2n) is 6.48. The molecule has 2 aromatic heterocycles. The minimum Gasteiger partial charge on any atom is -0.312 e. The zero-order valence-electron chi connectivity index (χ0n) is 13.7. The van der Waals surface area contributed by atoms with Gasteiger partial charge in [0.05, 0.1) is 22.3 Å². The van der Waals surface area contributed by atoms with E-state index in [2.05, 4.69) is 20.5 Å². The van der Waals surface area contributed by atoms with Crippen LogP contribution >= 0.6 is 11.6 Å². The number of aromatic amines is 1. The zero-order valence-corrected chi connectivity index (χ0v) is 14.4. The number of rotatable bonds is 1. The van der Waals surface area contributed by atoms with Gasteiger partial charge in [0, 0.05) is 24.4 Å². The van der Waals surface area contributed by atoms with E-state index in [0.717, 1.165) is 18.1 Å². The largest absolute Gasteiger partial charge is 0.419 e. The number of urea groups is 1. The summed E-state index contributed by atoms with van der Waals surface area (Å²) in [6.45, 7) is 0. The molecule has 2 aliphatic rings. The summed E-state index contributed by atoms with van der Waals surface area (Å²) in [7, 11) is 0. The van der Waals surface area contributed by atoms with Gasteiger partial charge in [-0.05, 0) is 24.8 Å². The first-order valence-electron chi connectivity index (χ1n) is 8.14. The third kappa shape index (κ3) is 3.14. The molecule has 7 nitrogen and oxygen atoms in total. The molecular formula is C16H13ClF3N5O2. The number of amides is 2. The highest BCUT2D eigenvalue weighted by Gasteiger charge is 2.44. The van der Waals surface area contributed by atoms with Gasteiger partial charge in [-0.2, -0.15) is 18.3 Å². The number of anilines is 1. The lowest BCUT2D eigenvalue weighted by Gasteiger charge is -2.35.